The summed E-state index contributed by atoms with van der Waals surface area (Å²) in [5, 5.41) is 21.4. The van der Waals surface area contributed by atoms with Gasteiger partial charge in [-0.2, -0.15) is 0 Å². The number of nitrogens with one attached hydrogen (secondary N) is 2. The van der Waals surface area contributed by atoms with Gasteiger partial charge in [0.15, 0.2) is 5.76 Å². The maximum Gasteiger partial charge on any atom is 0.293 e. The monoisotopic (exact) mass is 400 g/mol. The van der Waals surface area contributed by atoms with Crippen molar-refractivity contribution in [3.05, 3.63) is 86.2 Å². The molecule has 0 fully saturated rings. The number of rotatable bonds is 7. The van der Waals surface area contributed by atoms with Crippen LogP contribution in [0, 0.1) is 17.0 Å². The Hall–Kier alpha value is -3.39. The predicted octanol–water partition coefficient (Wildman–Crippen LogP) is 4.09. The second-order valence-electron chi connectivity index (χ2n) is 6.05. The van der Waals surface area contributed by atoms with E-state index >= 15 is 0 Å². The standard InChI is InChI=1S/C19H17ClN4O4/c1-12-8-15(28-23-12)11-22-19(25)13-6-7-17(18(9-13)24(26)27)21-10-14-4-2-3-5-16(14)20/h2-9,21H,10-11H2,1H3,(H,22,25). The normalized spacial score (nSPS) is 10.5. The Labute approximate surface area is 165 Å². The first kappa shape index (κ1) is 19.4. The molecule has 0 aliphatic carbocycles. The van der Waals surface area contributed by atoms with Crippen molar-refractivity contribution >= 4 is 28.9 Å². The molecule has 9 heteroatoms. The maximum absolute atomic E-state index is 12.3. The van der Waals surface area contributed by atoms with Gasteiger partial charge in [-0.15, -0.1) is 0 Å². The highest BCUT2D eigenvalue weighted by molar-refractivity contribution is 6.31. The van der Waals surface area contributed by atoms with E-state index in [1.165, 1.54) is 18.2 Å². The van der Waals surface area contributed by atoms with Crippen molar-refractivity contribution in [2.75, 3.05) is 5.32 Å². The van der Waals surface area contributed by atoms with Gasteiger partial charge in [-0.1, -0.05) is 35.0 Å². The van der Waals surface area contributed by atoms with Crippen LogP contribution < -0.4 is 10.6 Å². The molecule has 0 atom stereocenters. The van der Waals surface area contributed by atoms with Crippen LogP contribution in [0.15, 0.2) is 53.1 Å². The van der Waals surface area contributed by atoms with Gasteiger partial charge in [0.1, 0.15) is 5.69 Å². The number of halogens is 1. The minimum atomic E-state index is -0.536. The quantitative estimate of drug-likeness (QED) is 0.456. The van der Waals surface area contributed by atoms with Crippen molar-refractivity contribution in [2.24, 2.45) is 0 Å². The molecule has 0 saturated carbocycles. The number of nitro groups is 1. The molecule has 2 aromatic carbocycles. The summed E-state index contributed by atoms with van der Waals surface area (Å²) >= 11 is 6.11. The average molecular weight is 401 g/mol. The summed E-state index contributed by atoms with van der Waals surface area (Å²) in [6.07, 6.45) is 0. The van der Waals surface area contributed by atoms with Gasteiger partial charge in [-0.3, -0.25) is 14.9 Å². The molecule has 144 valence electrons. The summed E-state index contributed by atoms with van der Waals surface area (Å²) in [4.78, 5) is 23.2. The van der Waals surface area contributed by atoms with E-state index in [-0.39, 0.29) is 17.8 Å². The van der Waals surface area contributed by atoms with Crippen LogP contribution in [0.5, 0.6) is 0 Å². The minimum Gasteiger partial charge on any atom is -0.375 e. The van der Waals surface area contributed by atoms with E-state index in [0.717, 1.165) is 5.56 Å². The van der Waals surface area contributed by atoms with Gasteiger partial charge in [0.25, 0.3) is 11.6 Å². The molecule has 1 amide bonds. The second-order valence-corrected chi connectivity index (χ2v) is 6.46. The lowest BCUT2D eigenvalue weighted by Gasteiger charge is -2.10. The molecule has 0 radical (unpaired) electrons. The fraction of sp³-hybridized carbons (Fsp3) is 0.158. The van der Waals surface area contributed by atoms with E-state index in [2.05, 4.69) is 15.8 Å². The highest BCUT2D eigenvalue weighted by Crippen LogP contribution is 2.27. The largest absolute Gasteiger partial charge is 0.375 e. The molecule has 0 aliphatic rings. The molecule has 3 rings (SSSR count). The van der Waals surface area contributed by atoms with E-state index in [1.54, 1.807) is 19.1 Å². The summed E-state index contributed by atoms with van der Waals surface area (Å²) < 4.78 is 5.02. The Morgan fingerprint density at radius 2 is 2.00 bits per heavy atom. The summed E-state index contributed by atoms with van der Waals surface area (Å²) in [6, 6.07) is 13.2. The summed E-state index contributed by atoms with van der Waals surface area (Å²) in [5.74, 6) is 0.0492. The van der Waals surface area contributed by atoms with Crippen LogP contribution in [0.3, 0.4) is 0 Å². The van der Waals surface area contributed by atoms with Crippen molar-refractivity contribution in [1.29, 1.82) is 0 Å². The SMILES string of the molecule is Cc1cc(CNC(=O)c2ccc(NCc3ccccc3Cl)c([N+](=O)[O-])c2)on1. The van der Waals surface area contributed by atoms with E-state index in [9.17, 15) is 14.9 Å². The molecule has 0 aliphatic heterocycles. The smallest absolute Gasteiger partial charge is 0.293 e. The van der Waals surface area contributed by atoms with Gasteiger partial charge < -0.3 is 15.2 Å². The van der Waals surface area contributed by atoms with E-state index in [1.807, 2.05) is 18.2 Å². The van der Waals surface area contributed by atoms with Crippen LogP contribution in [0.1, 0.15) is 27.4 Å². The summed E-state index contributed by atoms with van der Waals surface area (Å²) in [7, 11) is 0. The summed E-state index contributed by atoms with van der Waals surface area (Å²) in [6.45, 7) is 2.23. The Bertz CT molecular complexity index is 1020. The van der Waals surface area contributed by atoms with Gasteiger partial charge in [-0.05, 0) is 30.7 Å². The zero-order valence-corrected chi connectivity index (χ0v) is 15.7. The van der Waals surface area contributed by atoms with Gasteiger partial charge in [0.2, 0.25) is 0 Å². The van der Waals surface area contributed by atoms with E-state index in [4.69, 9.17) is 16.1 Å². The lowest BCUT2D eigenvalue weighted by atomic mass is 10.1. The zero-order valence-electron chi connectivity index (χ0n) is 14.9. The topological polar surface area (TPSA) is 110 Å². The molecule has 0 bridgehead atoms. The Kier molecular flexibility index (Phi) is 5.90. The number of carbonyl (C=O) groups is 1. The summed E-state index contributed by atoms with van der Waals surface area (Å²) in [5.41, 5.74) is 1.78. The van der Waals surface area contributed by atoms with Gasteiger partial charge >= 0.3 is 0 Å². The molecule has 28 heavy (non-hydrogen) atoms. The van der Waals surface area contributed by atoms with Crippen molar-refractivity contribution in [2.45, 2.75) is 20.0 Å². The number of benzene rings is 2. The van der Waals surface area contributed by atoms with Crippen LogP contribution in [0.25, 0.3) is 0 Å². The highest BCUT2D eigenvalue weighted by Gasteiger charge is 2.18. The maximum atomic E-state index is 12.3. The van der Waals surface area contributed by atoms with E-state index < -0.39 is 10.8 Å². The number of hydrogen-bond donors (Lipinski definition) is 2. The molecule has 3 aromatic rings. The van der Waals surface area contributed by atoms with Crippen molar-refractivity contribution in [3.8, 4) is 0 Å². The first-order valence-corrected chi connectivity index (χ1v) is 8.78. The Morgan fingerprint density at radius 3 is 2.68 bits per heavy atom. The molecule has 0 spiro atoms. The third kappa shape index (κ3) is 4.66. The molecule has 1 aromatic heterocycles. The average Bonchev–Trinajstić information content (AvgIpc) is 3.10. The van der Waals surface area contributed by atoms with Crippen LogP contribution in [-0.4, -0.2) is 16.0 Å². The third-order valence-corrected chi connectivity index (χ3v) is 4.35. The molecule has 8 nitrogen and oxygen atoms in total. The van der Waals surface area contributed by atoms with Crippen LogP contribution in [-0.2, 0) is 13.1 Å². The first-order valence-electron chi connectivity index (χ1n) is 8.40. The lowest BCUT2D eigenvalue weighted by Crippen LogP contribution is -2.22. The number of nitro benzene ring substituents is 1. The molecule has 2 N–H and O–H groups in total. The minimum absolute atomic E-state index is 0.139. The first-order chi connectivity index (χ1) is 13.4. The fourth-order valence-electron chi connectivity index (χ4n) is 2.57. The number of aryl methyl sites for hydroxylation is 1. The van der Waals surface area contributed by atoms with Gasteiger partial charge in [0.05, 0.1) is 17.2 Å². The number of hydrogen-bond acceptors (Lipinski definition) is 6. The molecule has 1 heterocycles. The number of aromatic nitrogens is 1. The van der Waals surface area contributed by atoms with Crippen LogP contribution in [0.2, 0.25) is 5.02 Å². The van der Waals surface area contributed by atoms with Gasteiger partial charge in [-0.25, -0.2) is 0 Å². The molecule has 0 saturated heterocycles. The van der Waals surface area contributed by atoms with Crippen molar-refractivity contribution in [1.82, 2.24) is 10.5 Å². The Balaban J connectivity index is 1.72. The van der Waals surface area contributed by atoms with Crippen molar-refractivity contribution < 1.29 is 14.2 Å². The molecular weight excluding hydrogens is 384 g/mol. The van der Waals surface area contributed by atoms with Crippen LogP contribution >= 0.6 is 11.6 Å². The number of carbonyl (C=O) groups excluding carboxylic acids is 1. The third-order valence-electron chi connectivity index (χ3n) is 3.98. The number of anilines is 1. The second kappa shape index (κ2) is 8.53. The molecular formula is C19H17ClN4O4. The highest BCUT2D eigenvalue weighted by atomic mass is 35.5. The zero-order chi connectivity index (χ0) is 20.1. The van der Waals surface area contributed by atoms with Crippen LogP contribution in [0.4, 0.5) is 11.4 Å². The van der Waals surface area contributed by atoms with Crippen molar-refractivity contribution in [3.63, 3.8) is 0 Å². The number of nitrogens with zero attached hydrogens (tertiary/aromatic N) is 2. The fourth-order valence-corrected chi connectivity index (χ4v) is 2.78. The Morgan fingerprint density at radius 1 is 1.21 bits per heavy atom. The van der Waals surface area contributed by atoms with E-state index in [0.29, 0.717) is 28.7 Å². The lowest BCUT2D eigenvalue weighted by molar-refractivity contribution is -0.384. The number of amides is 1. The predicted molar refractivity (Wildman–Crippen MR) is 104 cm³/mol. The van der Waals surface area contributed by atoms with Gasteiger partial charge in [0, 0.05) is 29.3 Å². The molecule has 0 unspecified atom stereocenters.